The van der Waals surface area contributed by atoms with E-state index in [2.05, 4.69) is 0 Å². The average Bonchev–Trinajstić information content (AvgIpc) is 2.39. The molecule has 110 valence electrons. The third-order valence-electron chi connectivity index (χ3n) is 2.82. The predicted molar refractivity (Wildman–Crippen MR) is 72.6 cm³/mol. The van der Waals surface area contributed by atoms with Crippen LogP contribution in [0.15, 0.2) is 24.3 Å². The number of hydrogen-bond acceptors (Lipinski definition) is 4. The van der Waals surface area contributed by atoms with E-state index in [-0.39, 0.29) is 19.8 Å². The van der Waals surface area contributed by atoms with Gasteiger partial charge in [0.15, 0.2) is 6.54 Å². The molecule has 0 aliphatic carbocycles. The molecule has 20 heavy (non-hydrogen) atoms. The van der Waals surface area contributed by atoms with Crippen molar-refractivity contribution >= 4 is 17.7 Å². The third kappa shape index (κ3) is 3.77. The van der Waals surface area contributed by atoms with Gasteiger partial charge in [-0.3, -0.25) is 0 Å². The van der Waals surface area contributed by atoms with Gasteiger partial charge in [-0.1, -0.05) is 0 Å². The van der Waals surface area contributed by atoms with E-state index in [1.807, 2.05) is 0 Å². The molecule has 1 amide bonds. The van der Waals surface area contributed by atoms with Crippen LogP contribution in [0.4, 0.5) is 14.9 Å². The summed E-state index contributed by atoms with van der Waals surface area (Å²) in [5.41, 5.74) is 0.456. The molecule has 0 radical (unpaired) electrons. The van der Waals surface area contributed by atoms with E-state index in [9.17, 15) is 14.0 Å². The van der Waals surface area contributed by atoms with E-state index in [0.29, 0.717) is 5.69 Å². The molecule has 0 spiro atoms. The summed E-state index contributed by atoms with van der Waals surface area (Å²) in [6.45, 7) is 3.57. The lowest BCUT2D eigenvalue weighted by atomic mass is 10.2. The highest BCUT2D eigenvalue weighted by molar-refractivity contribution is 5.88. The van der Waals surface area contributed by atoms with Crippen LogP contribution < -0.4 is 4.48 Å². The number of hydrogen-bond donors (Lipinski definition) is 0. The fourth-order valence-corrected chi connectivity index (χ4v) is 1.76. The van der Waals surface area contributed by atoms with Gasteiger partial charge in [0.1, 0.15) is 11.5 Å². The van der Waals surface area contributed by atoms with Crippen LogP contribution >= 0.6 is 0 Å². The van der Waals surface area contributed by atoms with Gasteiger partial charge in [0.05, 0.1) is 20.3 Å². The van der Waals surface area contributed by atoms with Gasteiger partial charge in [0, 0.05) is 12.1 Å². The van der Waals surface area contributed by atoms with E-state index in [0.717, 1.165) is 0 Å². The molecule has 1 aromatic rings. The van der Waals surface area contributed by atoms with Gasteiger partial charge in [-0.2, -0.15) is 9.28 Å². The molecule has 1 atom stereocenters. The number of nitrogens with zero attached hydrogens (tertiary/aromatic N) is 1. The van der Waals surface area contributed by atoms with Crippen molar-refractivity contribution in [1.82, 2.24) is 4.48 Å². The maximum absolute atomic E-state index is 13.0. The van der Waals surface area contributed by atoms with Crippen molar-refractivity contribution in [1.29, 1.82) is 0 Å². The predicted octanol–water partition coefficient (Wildman–Crippen LogP) is 2.48. The Labute approximate surface area is 117 Å². The number of quaternary nitrogens is 1. The zero-order valence-electron chi connectivity index (χ0n) is 11.9. The number of carbonyl (C=O) groups is 2. The minimum absolute atomic E-state index is 0.191. The van der Waals surface area contributed by atoms with Crippen LogP contribution in [-0.4, -0.2) is 38.9 Å². The van der Waals surface area contributed by atoms with Crippen molar-refractivity contribution in [2.45, 2.75) is 13.8 Å². The van der Waals surface area contributed by atoms with Crippen LogP contribution in [0.3, 0.4) is 0 Å². The van der Waals surface area contributed by atoms with Gasteiger partial charge in [-0.15, -0.1) is 0 Å². The van der Waals surface area contributed by atoms with Crippen molar-refractivity contribution in [3.63, 3.8) is 0 Å². The monoisotopic (exact) mass is 284 g/mol. The molecule has 0 saturated carbocycles. The smallest absolute Gasteiger partial charge is 0.462 e. The van der Waals surface area contributed by atoms with Crippen LogP contribution in [0.2, 0.25) is 0 Å². The summed E-state index contributed by atoms with van der Waals surface area (Å²) in [7, 11) is 1.53. The lowest BCUT2D eigenvalue weighted by molar-refractivity contribution is -0.143. The first kappa shape index (κ1) is 16.1. The summed E-state index contributed by atoms with van der Waals surface area (Å²) in [5.74, 6) is -0.937. The van der Waals surface area contributed by atoms with Crippen molar-refractivity contribution in [3.8, 4) is 0 Å². The van der Waals surface area contributed by atoms with Crippen molar-refractivity contribution in [2.75, 3.05) is 26.8 Å². The Bertz CT molecular complexity index is 475. The van der Waals surface area contributed by atoms with Crippen molar-refractivity contribution in [2.24, 2.45) is 0 Å². The molecule has 0 heterocycles. The fraction of sp³-hybridized carbons (Fsp3) is 0.429. The van der Waals surface area contributed by atoms with E-state index in [1.54, 1.807) is 13.8 Å². The SMILES string of the molecule is CCOC(=O)C[N+](C)(C(=O)OCC)c1ccc(F)cc1. The highest BCUT2D eigenvalue weighted by Gasteiger charge is 2.39. The van der Waals surface area contributed by atoms with Gasteiger partial charge in [-0.25, -0.2) is 9.18 Å². The quantitative estimate of drug-likeness (QED) is 0.615. The van der Waals surface area contributed by atoms with Gasteiger partial charge in [0.2, 0.25) is 0 Å². The molecular formula is C14H19FNO4+. The molecule has 0 saturated heterocycles. The summed E-state index contributed by atoms with van der Waals surface area (Å²) < 4.78 is 22.4. The third-order valence-corrected chi connectivity index (χ3v) is 2.82. The Morgan fingerprint density at radius 2 is 1.65 bits per heavy atom. The number of halogens is 1. The highest BCUT2D eigenvalue weighted by Crippen LogP contribution is 2.23. The number of ether oxygens (including phenoxy) is 2. The van der Waals surface area contributed by atoms with Crippen molar-refractivity contribution < 1.29 is 23.5 Å². The maximum Gasteiger partial charge on any atom is 0.521 e. The van der Waals surface area contributed by atoms with Crippen LogP contribution in [0, 0.1) is 5.82 Å². The Morgan fingerprint density at radius 3 is 2.15 bits per heavy atom. The number of likely N-dealkylation sites (N-methyl/N-ethyl adjacent to an activating group) is 1. The molecule has 0 N–H and O–H groups in total. The van der Waals surface area contributed by atoms with Gasteiger partial charge in [0.25, 0.3) is 0 Å². The number of rotatable bonds is 5. The molecule has 1 rings (SSSR count). The second-order valence-corrected chi connectivity index (χ2v) is 4.33. The van der Waals surface area contributed by atoms with Gasteiger partial charge >= 0.3 is 12.1 Å². The summed E-state index contributed by atoms with van der Waals surface area (Å²) >= 11 is 0. The lowest BCUT2D eigenvalue weighted by Crippen LogP contribution is -2.54. The first-order chi connectivity index (χ1) is 9.43. The fourth-order valence-electron chi connectivity index (χ4n) is 1.76. The topological polar surface area (TPSA) is 52.6 Å². The van der Waals surface area contributed by atoms with Crippen LogP contribution in [0.25, 0.3) is 0 Å². The maximum atomic E-state index is 13.0. The first-order valence-corrected chi connectivity index (χ1v) is 6.38. The Balaban J connectivity index is 3.09. The molecule has 1 aromatic carbocycles. The molecule has 0 aromatic heterocycles. The van der Waals surface area contributed by atoms with Gasteiger partial charge < -0.3 is 9.47 Å². The van der Waals surface area contributed by atoms with E-state index in [4.69, 9.17) is 9.47 Å². The average molecular weight is 284 g/mol. The number of esters is 1. The summed E-state index contributed by atoms with van der Waals surface area (Å²) in [6, 6.07) is 5.36. The number of carbonyl (C=O) groups excluding carboxylic acids is 2. The van der Waals surface area contributed by atoms with Crippen LogP contribution in [0.5, 0.6) is 0 Å². The zero-order chi connectivity index (χ0) is 15.2. The first-order valence-electron chi connectivity index (χ1n) is 6.38. The lowest BCUT2D eigenvalue weighted by Gasteiger charge is -2.28. The molecule has 0 aliphatic rings. The number of amides is 1. The molecule has 0 bridgehead atoms. The summed E-state index contributed by atoms with van der Waals surface area (Å²) in [5, 5.41) is 0. The highest BCUT2D eigenvalue weighted by atomic mass is 19.1. The van der Waals surface area contributed by atoms with Gasteiger partial charge in [-0.05, 0) is 26.0 Å². The summed E-state index contributed by atoms with van der Waals surface area (Å²) in [6.07, 6.45) is -0.591. The Hall–Kier alpha value is -1.95. The normalized spacial score (nSPS) is 13.4. The molecule has 0 aliphatic heterocycles. The minimum Gasteiger partial charge on any atom is -0.462 e. The largest absolute Gasteiger partial charge is 0.521 e. The van der Waals surface area contributed by atoms with E-state index in [1.165, 1.54) is 31.3 Å². The van der Waals surface area contributed by atoms with Crippen LogP contribution in [0.1, 0.15) is 13.8 Å². The van der Waals surface area contributed by atoms with E-state index >= 15 is 0 Å². The standard InChI is InChI=1S/C14H19FNO4/c1-4-19-13(17)10-16(3,14(18)20-5-2)12-8-6-11(15)7-9-12/h6-9H,4-5,10H2,1-3H3/q+1. The summed E-state index contributed by atoms with van der Waals surface area (Å²) in [4.78, 5) is 23.8. The zero-order valence-corrected chi connectivity index (χ0v) is 11.9. The second kappa shape index (κ2) is 7.00. The van der Waals surface area contributed by atoms with Crippen LogP contribution in [-0.2, 0) is 14.3 Å². The number of benzene rings is 1. The second-order valence-electron chi connectivity index (χ2n) is 4.33. The molecule has 1 unspecified atom stereocenters. The van der Waals surface area contributed by atoms with Crippen molar-refractivity contribution in [3.05, 3.63) is 30.1 Å². The minimum atomic E-state index is -0.591. The molecule has 0 fully saturated rings. The molecule has 6 heteroatoms. The molecule has 5 nitrogen and oxygen atoms in total. The molecular weight excluding hydrogens is 265 g/mol. The Kier molecular flexibility index (Phi) is 5.64. The Morgan fingerprint density at radius 1 is 1.10 bits per heavy atom. The van der Waals surface area contributed by atoms with E-state index < -0.39 is 22.4 Å².